The minimum absolute atomic E-state index is 0.312. The van der Waals surface area contributed by atoms with E-state index in [2.05, 4.69) is 27.2 Å². The molecule has 3 aromatic rings. The fourth-order valence-corrected chi connectivity index (χ4v) is 5.45. The van der Waals surface area contributed by atoms with Crippen LogP contribution >= 0.6 is 0 Å². The SMILES string of the molecule is O=C(N1CCN(CCNc2cc(=O)oc3ccccc23)CC1)C1(c2ccccc2)CCCC1. The number of carbonyl (C=O) groups is 1. The predicted molar refractivity (Wildman–Crippen MR) is 131 cm³/mol. The van der Waals surface area contributed by atoms with Crippen LogP contribution in [0.25, 0.3) is 11.0 Å². The normalized spacial score (nSPS) is 18.5. The molecule has 1 aliphatic heterocycles. The highest BCUT2D eigenvalue weighted by atomic mass is 16.4. The van der Waals surface area contributed by atoms with Gasteiger partial charge in [-0.2, -0.15) is 0 Å². The lowest BCUT2D eigenvalue weighted by Gasteiger charge is -2.40. The highest BCUT2D eigenvalue weighted by molar-refractivity contribution is 5.89. The third-order valence-electron chi connectivity index (χ3n) is 7.25. The molecule has 6 heteroatoms. The topological polar surface area (TPSA) is 65.8 Å². The predicted octanol–water partition coefficient (Wildman–Crippen LogP) is 3.86. The van der Waals surface area contributed by atoms with Crippen LogP contribution in [-0.2, 0) is 10.2 Å². The lowest BCUT2D eigenvalue weighted by molar-refractivity contribution is -0.139. The first-order valence-electron chi connectivity index (χ1n) is 12.0. The quantitative estimate of drug-likeness (QED) is 0.584. The summed E-state index contributed by atoms with van der Waals surface area (Å²) in [6, 6.07) is 19.5. The Bertz CT molecular complexity index is 1160. The van der Waals surface area contributed by atoms with Crippen LogP contribution in [0.5, 0.6) is 0 Å². The molecule has 2 heterocycles. The van der Waals surface area contributed by atoms with Crippen molar-refractivity contribution < 1.29 is 9.21 Å². The molecule has 2 aliphatic rings. The number of nitrogens with zero attached hydrogens (tertiary/aromatic N) is 2. The van der Waals surface area contributed by atoms with E-state index in [0.29, 0.717) is 11.5 Å². The number of benzene rings is 2. The van der Waals surface area contributed by atoms with Gasteiger partial charge in [-0.05, 0) is 30.5 Å². The van der Waals surface area contributed by atoms with Gasteiger partial charge in [-0.1, -0.05) is 55.3 Å². The van der Waals surface area contributed by atoms with Crippen LogP contribution in [0.15, 0.2) is 69.9 Å². The van der Waals surface area contributed by atoms with Gasteiger partial charge in [-0.3, -0.25) is 9.69 Å². The Morgan fingerprint density at radius 2 is 1.64 bits per heavy atom. The fourth-order valence-electron chi connectivity index (χ4n) is 5.45. The van der Waals surface area contributed by atoms with Crippen molar-refractivity contribution >= 4 is 22.6 Å². The maximum absolute atomic E-state index is 13.6. The van der Waals surface area contributed by atoms with E-state index in [1.807, 2.05) is 42.5 Å². The monoisotopic (exact) mass is 445 g/mol. The van der Waals surface area contributed by atoms with Crippen molar-refractivity contribution in [3.05, 3.63) is 76.6 Å². The number of rotatable bonds is 6. The van der Waals surface area contributed by atoms with Gasteiger partial charge in [0.1, 0.15) is 5.58 Å². The average molecular weight is 446 g/mol. The van der Waals surface area contributed by atoms with E-state index in [0.717, 1.165) is 76.0 Å². The average Bonchev–Trinajstić information content (AvgIpc) is 3.36. The molecule has 0 atom stereocenters. The molecule has 1 aliphatic carbocycles. The van der Waals surface area contributed by atoms with Gasteiger partial charge in [0.25, 0.3) is 0 Å². The Morgan fingerprint density at radius 1 is 0.939 bits per heavy atom. The lowest BCUT2D eigenvalue weighted by Crippen LogP contribution is -2.54. The minimum atomic E-state index is -0.345. The number of nitrogens with one attached hydrogen (secondary N) is 1. The summed E-state index contributed by atoms with van der Waals surface area (Å²) < 4.78 is 5.27. The maximum Gasteiger partial charge on any atom is 0.338 e. The molecule has 1 amide bonds. The Balaban J connectivity index is 1.17. The number of para-hydroxylation sites is 1. The van der Waals surface area contributed by atoms with Gasteiger partial charge in [0.15, 0.2) is 0 Å². The highest BCUT2D eigenvalue weighted by Crippen LogP contribution is 2.42. The van der Waals surface area contributed by atoms with Gasteiger partial charge in [-0.15, -0.1) is 0 Å². The van der Waals surface area contributed by atoms with E-state index >= 15 is 0 Å². The van der Waals surface area contributed by atoms with Gasteiger partial charge >= 0.3 is 5.63 Å². The number of hydrogen-bond acceptors (Lipinski definition) is 5. The molecule has 0 bridgehead atoms. The summed E-state index contributed by atoms with van der Waals surface area (Å²) in [6.45, 7) is 4.87. The standard InChI is InChI=1S/C27H31N3O3/c31-25-20-23(22-10-4-5-11-24(22)33-25)28-14-15-29-16-18-30(19-17-29)26(32)27(12-6-7-13-27)21-8-2-1-3-9-21/h1-5,8-11,20,28H,6-7,12-19H2. The van der Waals surface area contributed by atoms with Crippen LogP contribution in [-0.4, -0.2) is 55.0 Å². The summed E-state index contributed by atoms with van der Waals surface area (Å²) in [4.78, 5) is 30.0. The molecule has 1 saturated carbocycles. The van der Waals surface area contributed by atoms with E-state index in [1.165, 1.54) is 11.6 Å². The molecule has 6 nitrogen and oxygen atoms in total. The first-order valence-corrected chi connectivity index (χ1v) is 12.0. The first-order chi connectivity index (χ1) is 16.2. The van der Waals surface area contributed by atoms with Gasteiger partial charge in [0.05, 0.1) is 11.1 Å². The van der Waals surface area contributed by atoms with Gasteiger partial charge in [-0.25, -0.2) is 4.79 Å². The highest BCUT2D eigenvalue weighted by Gasteiger charge is 2.45. The number of anilines is 1. The van der Waals surface area contributed by atoms with Crippen LogP contribution in [0.1, 0.15) is 31.2 Å². The second kappa shape index (κ2) is 9.40. The Morgan fingerprint density at radius 3 is 2.39 bits per heavy atom. The van der Waals surface area contributed by atoms with Gasteiger partial charge in [0.2, 0.25) is 5.91 Å². The molecule has 33 heavy (non-hydrogen) atoms. The van der Waals surface area contributed by atoms with E-state index in [9.17, 15) is 9.59 Å². The summed E-state index contributed by atoms with van der Waals surface area (Å²) in [5.41, 5.74) is 1.90. The minimum Gasteiger partial charge on any atom is -0.423 e. The molecule has 2 aromatic carbocycles. The Kier molecular flexibility index (Phi) is 6.18. The smallest absolute Gasteiger partial charge is 0.338 e. The summed E-state index contributed by atoms with van der Waals surface area (Å²) in [6.07, 6.45) is 4.16. The zero-order chi connectivity index (χ0) is 22.7. The summed E-state index contributed by atoms with van der Waals surface area (Å²) in [5.74, 6) is 0.312. The molecule has 2 fully saturated rings. The van der Waals surface area contributed by atoms with Crippen LogP contribution in [0.3, 0.4) is 0 Å². The molecule has 1 saturated heterocycles. The molecule has 1 N–H and O–H groups in total. The fraction of sp³-hybridized carbons (Fsp3) is 0.407. The second-order valence-electron chi connectivity index (χ2n) is 9.19. The first kappa shape index (κ1) is 21.7. The third kappa shape index (κ3) is 4.40. The Hall–Kier alpha value is -3.12. The second-order valence-corrected chi connectivity index (χ2v) is 9.19. The molecular weight excluding hydrogens is 414 g/mol. The van der Waals surface area contributed by atoms with E-state index in [-0.39, 0.29) is 11.0 Å². The van der Waals surface area contributed by atoms with Crippen LogP contribution in [0.4, 0.5) is 5.69 Å². The molecular formula is C27H31N3O3. The van der Waals surface area contributed by atoms with Crippen molar-refractivity contribution in [2.45, 2.75) is 31.1 Å². The van der Waals surface area contributed by atoms with Crippen molar-refractivity contribution in [1.29, 1.82) is 0 Å². The van der Waals surface area contributed by atoms with Crippen molar-refractivity contribution in [2.75, 3.05) is 44.6 Å². The van der Waals surface area contributed by atoms with E-state index < -0.39 is 0 Å². The summed E-state index contributed by atoms with van der Waals surface area (Å²) in [5, 5.41) is 4.31. The van der Waals surface area contributed by atoms with Gasteiger partial charge < -0.3 is 14.6 Å². The summed E-state index contributed by atoms with van der Waals surface area (Å²) >= 11 is 0. The zero-order valence-corrected chi connectivity index (χ0v) is 19.0. The molecule has 5 rings (SSSR count). The molecule has 172 valence electrons. The number of carbonyl (C=O) groups excluding carboxylic acids is 1. The molecule has 0 radical (unpaired) electrons. The van der Waals surface area contributed by atoms with Crippen molar-refractivity contribution in [3.8, 4) is 0 Å². The lowest BCUT2D eigenvalue weighted by atomic mass is 9.77. The van der Waals surface area contributed by atoms with Crippen molar-refractivity contribution in [2.24, 2.45) is 0 Å². The zero-order valence-electron chi connectivity index (χ0n) is 19.0. The van der Waals surface area contributed by atoms with Gasteiger partial charge in [0, 0.05) is 50.7 Å². The molecule has 0 unspecified atom stereocenters. The molecule has 0 spiro atoms. The van der Waals surface area contributed by atoms with Crippen molar-refractivity contribution in [1.82, 2.24) is 9.80 Å². The number of hydrogen-bond donors (Lipinski definition) is 1. The summed E-state index contributed by atoms with van der Waals surface area (Å²) in [7, 11) is 0. The van der Waals surface area contributed by atoms with Crippen LogP contribution in [0.2, 0.25) is 0 Å². The van der Waals surface area contributed by atoms with Crippen molar-refractivity contribution in [3.63, 3.8) is 0 Å². The number of fused-ring (bicyclic) bond motifs is 1. The number of piperazine rings is 1. The van der Waals surface area contributed by atoms with E-state index in [1.54, 1.807) is 0 Å². The number of amides is 1. The van der Waals surface area contributed by atoms with Crippen LogP contribution in [0, 0.1) is 0 Å². The van der Waals surface area contributed by atoms with Crippen LogP contribution < -0.4 is 10.9 Å². The largest absolute Gasteiger partial charge is 0.423 e. The third-order valence-corrected chi connectivity index (χ3v) is 7.25. The maximum atomic E-state index is 13.6. The Labute approximate surface area is 194 Å². The van der Waals surface area contributed by atoms with E-state index in [4.69, 9.17) is 4.42 Å². The molecule has 1 aromatic heterocycles.